The largest absolute Gasteiger partial charge is 0.366 e. The zero-order valence-corrected chi connectivity index (χ0v) is 17.8. The predicted octanol–water partition coefficient (Wildman–Crippen LogP) is 4.35. The normalized spacial score (nSPS) is 17.6. The Kier molecular flexibility index (Phi) is 5.82. The van der Waals surface area contributed by atoms with E-state index < -0.39 is 0 Å². The van der Waals surface area contributed by atoms with Crippen LogP contribution in [0.15, 0.2) is 42.5 Å². The molecule has 0 saturated heterocycles. The van der Waals surface area contributed by atoms with Crippen LogP contribution >= 0.6 is 0 Å². The Balaban J connectivity index is 1.40. The molecule has 6 nitrogen and oxygen atoms in total. The van der Waals surface area contributed by atoms with Crippen molar-refractivity contribution < 1.29 is 4.79 Å². The molecular formula is C25H27N5O. The van der Waals surface area contributed by atoms with Crippen molar-refractivity contribution in [2.24, 2.45) is 0 Å². The molecular weight excluding hydrogens is 386 g/mol. The molecule has 0 spiro atoms. The van der Waals surface area contributed by atoms with E-state index in [2.05, 4.69) is 22.8 Å². The topological polar surface area (TPSA) is 91.9 Å². The number of para-hydroxylation sites is 1. The molecule has 2 N–H and O–H groups in total. The molecule has 1 saturated carbocycles. The first-order chi connectivity index (χ1) is 15.1. The highest BCUT2D eigenvalue weighted by molar-refractivity contribution is 5.87. The minimum absolute atomic E-state index is 0.0975. The third-order valence-electron chi connectivity index (χ3n) is 6.53. The average Bonchev–Trinajstić information content (AvgIpc) is 3.22. The fourth-order valence-corrected chi connectivity index (χ4v) is 4.77. The molecule has 1 aliphatic carbocycles. The molecule has 158 valence electrons. The first kappa shape index (κ1) is 20.8. The zero-order chi connectivity index (χ0) is 21.8. The van der Waals surface area contributed by atoms with Crippen molar-refractivity contribution in [3.05, 3.63) is 59.2 Å². The van der Waals surface area contributed by atoms with E-state index in [1.807, 2.05) is 48.2 Å². The molecule has 31 heavy (non-hydrogen) atoms. The van der Waals surface area contributed by atoms with Gasteiger partial charge in [0.25, 0.3) is 0 Å². The third-order valence-corrected chi connectivity index (χ3v) is 6.53. The maximum Gasteiger partial charge on any atom is 0.240 e. The van der Waals surface area contributed by atoms with Crippen LogP contribution in [-0.4, -0.2) is 19.1 Å². The molecule has 0 radical (unpaired) electrons. The Morgan fingerprint density at radius 1 is 1.16 bits per heavy atom. The fourth-order valence-electron chi connectivity index (χ4n) is 4.77. The van der Waals surface area contributed by atoms with Crippen molar-refractivity contribution in [2.75, 3.05) is 23.4 Å². The van der Waals surface area contributed by atoms with E-state index in [1.165, 1.54) is 6.42 Å². The minimum atomic E-state index is -0.363. The lowest BCUT2D eigenvalue weighted by molar-refractivity contribution is -0.120. The lowest BCUT2D eigenvalue weighted by atomic mass is 9.70. The number of nitrogens with zero attached hydrogens (tertiary/aromatic N) is 3. The molecule has 2 aromatic rings. The smallest absolute Gasteiger partial charge is 0.240 e. The van der Waals surface area contributed by atoms with Crippen molar-refractivity contribution in [3.8, 4) is 12.1 Å². The number of nitriles is 2. The second-order valence-corrected chi connectivity index (χ2v) is 8.51. The van der Waals surface area contributed by atoms with E-state index in [9.17, 15) is 15.3 Å². The highest BCUT2D eigenvalue weighted by Gasteiger charge is 2.34. The predicted molar refractivity (Wildman–Crippen MR) is 120 cm³/mol. The highest BCUT2D eigenvalue weighted by atomic mass is 16.2. The number of hydrogen-bond acceptors (Lipinski definition) is 5. The van der Waals surface area contributed by atoms with E-state index in [4.69, 9.17) is 0 Å². The summed E-state index contributed by atoms with van der Waals surface area (Å²) in [6.45, 7) is 2.64. The van der Waals surface area contributed by atoms with Gasteiger partial charge in [-0.3, -0.25) is 4.79 Å². The Labute approximate surface area is 183 Å². The van der Waals surface area contributed by atoms with E-state index in [0.717, 1.165) is 48.2 Å². The summed E-state index contributed by atoms with van der Waals surface area (Å²) in [7, 11) is 0. The molecule has 2 aromatic carbocycles. The molecule has 1 atom stereocenters. The molecule has 6 heteroatoms. The van der Waals surface area contributed by atoms with Crippen LogP contribution in [0.4, 0.5) is 11.4 Å². The maximum atomic E-state index is 12.7. The van der Waals surface area contributed by atoms with E-state index in [1.54, 1.807) is 6.07 Å². The fraction of sp³-hybridized carbons (Fsp3) is 0.400. The molecule has 4 rings (SSSR count). The van der Waals surface area contributed by atoms with Crippen LogP contribution in [0.25, 0.3) is 0 Å². The third kappa shape index (κ3) is 4.07. The number of carbonyl (C=O) groups excluding carboxylic acids is 1. The van der Waals surface area contributed by atoms with Crippen molar-refractivity contribution in [1.29, 1.82) is 10.5 Å². The number of rotatable bonds is 5. The number of anilines is 2. The number of amides is 1. The molecule has 1 aliphatic heterocycles. The summed E-state index contributed by atoms with van der Waals surface area (Å²) in [4.78, 5) is 14.6. The quantitative estimate of drug-likeness (QED) is 0.760. The summed E-state index contributed by atoms with van der Waals surface area (Å²) >= 11 is 0. The standard InChI is InChI=1S/C25H27N5O/c1-18(19-8-10-21(11-9-19)25(16-27)12-3-2-4-13-25)29-23(31)15-30-17-28-22-7-5-6-20(14-26)24(22)30/h5-11,18,28H,2-4,12-13,15,17H2,1H3,(H,29,31). The van der Waals surface area contributed by atoms with Crippen LogP contribution in [0.5, 0.6) is 0 Å². The van der Waals surface area contributed by atoms with Gasteiger partial charge in [-0.25, -0.2) is 0 Å². The lowest BCUT2D eigenvalue weighted by Crippen LogP contribution is -2.38. The summed E-state index contributed by atoms with van der Waals surface area (Å²) in [5, 5.41) is 25.5. The van der Waals surface area contributed by atoms with Crippen molar-refractivity contribution in [3.63, 3.8) is 0 Å². The van der Waals surface area contributed by atoms with Crippen LogP contribution in [-0.2, 0) is 10.2 Å². The first-order valence-corrected chi connectivity index (χ1v) is 10.9. The molecule has 1 fully saturated rings. The Morgan fingerprint density at radius 2 is 1.90 bits per heavy atom. The van der Waals surface area contributed by atoms with Gasteiger partial charge in [-0.2, -0.15) is 10.5 Å². The van der Waals surface area contributed by atoms with Crippen LogP contribution in [0.3, 0.4) is 0 Å². The van der Waals surface area contributed by atoms with Crippen molar-refractivity contribution >= 4 is 17.3 Å². The van der Waals surface area contributed by atoms with Gasteiger partial charge in [0.1, 0.15) is 6.07 Å². The van der Waals surface area contributed by atoms with Crippen molar-refractivity contribution in [1.82, 2.24) is 5.32 Å². The first-order valence-electron chi connectivity index (χ1n) is 10.9. The van der Waals surface area contributed by atoms with E-state index in [0.29, 0.717) is 12.2 Å². The minimum Gasteiger partial charge on any atom is -0.366 e. The van der Waals surface area contributed by atoms with E-state index >= 15 is 0 Å². The number of nitrogens with one attached hydrogen (secondary N) is 2. The molecule has 1 heterocycles. The van der Waals surface area contributed by atoms with E-state index in [-0.39, 0.29) is 23.9 Å². The number of benzene rings is 2. The van der Waals surface area contributed by atoms with Gasteiger partial charge in [0.2, 0.25) is 5.91 Å². The highest BCUT2D eigenvalue weighted by Crippen LogP contribution is 2.39. The zero-order valence-electron chi connectivity index (χ0n) is 17.8. The van der Waals surface area contributed by atoms with Gasteiger partial charge in [-0.15, -0.1) is 0 Å². The van der Waals surface area contributed by atoms with Crippen molar-refractivity contribution in [2.45, 2.75) is 50.5 Å². The average molecular weight is 414 g/mol. The lowest BCUT2D eigenvalue weighted by Gasteiger charge is -2.31. The summed E-state index contributed by atoms with van der Waals surface area (Å²) in [6, 6.07) is 18.3. The molecule has 1 unspecified atom stereocenters. The molecule has 0 aromatic heterocycles. The van der Waals surface area contributed by atoms with Crippen LogP contribution in [0, 0.1) is 22.7 Å². The number of carbonyl (C=O) groups is 1. The second-order valence-electron chi connectivity index (χ2n) is 8.51. The van der Waals surface area contributed by atoms with Gasteiger partial charge in [-0.1, -0.05) is 49.6 Å². The van der Waals surface area contributed by atoms with Gasteiger partial charge in [0.05, 0.1) is 47.7 Å². The molecule has 1 amide bonds. The maximum absolute atomic E-state index is 12.7. The number of hydrogen-bond donors (Lipinski definition) is 2. The van der Waals surface area contributed by atoms with Gasteiger partial charge in [-0.05, 0) is 43.0 Å². The summed E-state index contributed by atoms with van der Waals surface area (Å²) < 4.78 is 0. The van der Waals surface area contributed by atoms with Crippen LogP contribution in [0.1, 0.15) is 61.8 Å². The van der Waals surface area contributed by atoms with Crippen LogP contribution in [0.2, 0.25) is 0 Å². The summed E-state index contributed by atoms with van der Waals surface area (Å²) in [5.74, 6) is -0.0975. The molecule has 0 bridgehead atoms. The number of fused-ring (bicyclic) bond motifs is 1. The summed E-state index contributed by atoms with van der Waals surface area (Å²) in [6.07, 6.45) is 5.25. The van der Waals surface area contributed by atoms with Gasteiger partial charge in [0.15, 0.2) is 0 Å². The van der Waals surface area contributed by atoms with Crippen LogP contribution < -0.4 is 15.5 Å². The Morgan fingerprint density at radius 3 is 2.58 bits per heavy atom. The Bertz CT molecular complexity index is 1040. The molecule has 2 aliphatic rings. The van der Waals surface area contributed by atoms with Gasteiger partial charge < -0.3 is 15.5 Å². The SMILES string of the molecule is CC(NC(=O)CN1CNc2cccc(C#N)c21)c1ccc(C2(C#N)CCCCC2)cc1. The van der Waals surface area contributed by atoms with Gasteiger partial charge >= 0.3 is 0 Å². The second kappa shape index (κ2) is 8.70. The summed E-state index contributed by atoms with van der Waals surface area (Å²) in [5.41, 5.74) is 3.96. The Hall–Kier alpha value is -3.51. The van der Waals surface area contributed by atoms with Gasteiger partial charge in [0, 0.05) is 0 Å². The monoisotopic (exact) mass is 413 g/mol.